The highest BCUT2D eigenvalue weighted by Crippen LogP contribution is 2.08. The Hall–Kier alpha value is -1.10. The molecule has 0 atom stereocenters. The van der Waals surface area contributed by atoms with Gasteiger partial charge in [0.1, 0.15) is 0 Å². The van der Waals surface area contributed by atoms with Crippen LogP contribution in [-0.4, -0.2) is 48.9 Å². The van der Waals surface area contributed by atoms with E-state index >= 15 is 0 Å². The van der Waals surface area contributed by atoms with Gasteiger partial charge in [0.2, 0.25) is 11.8 Å². The van der Waals surface area contributed by atoms with Gasteiger partial charge in [0, 0.05) is 32.1 Å². The Balaban J connectivity index is 2.06. The average molecular weight is 241 g/mol. The molecule has 0 spiro atoms. The molecule has 1 aliphatic rings. The summed E-state index contributed by atoms with van der Waals surface area (Å²) in [6.45, 7) is 6.49. The lowest BCUT2D eigenvalue weighted by Crippen LogP contribution is -2.38. The second kappa shape index (κ2) is 7.27. The van der Waals surface area contributed by atoms with Gasteiger partial charge >= 0.3 is 0 Å². The molecule has 0 aromatic carbocycles. The van der Waals surface area contributed by atoms with Crippen molar-refractivity contribution < 1.29 is 9.59 Å². The summed E-state index contributed by atoms with van der Waals surface area (Å²) in [5.74, 6) is 0.104. The molecule has 1 saturated heterocycles. The first kappa shape index (κ1) is 14.0. The maximum Gasteiger partial charge on any atom is 0.233 e. The monoisotopic (exact) mass is 241 g/mol. The quantitative estimate of drug-likeness (QED) is 0.694. The minimum Gasteiger partial charge on any atom is -0.354 e. The van der Waals surface area contributed by atoms with Gasteiger partial charge < -0.3 is 15.5 Å². The normalized spacial score (nSPS) is 15.4. The molecule has 0 radical (unpaired) electrons. The molecule has 1 heterocycles. The largest absolute Gasteiger partial charge is 0.354 e. The lowest BCUT2D eigenvalue weighted by atomic mass is 10.3. The average Bonchev–Trinajstić information content (AvgIpc) is 2.79. The van der Waals surface area contributed by atoms with E-state index in [2.05, 4.69) is 10.6 Å². The van der Waals surface area contributed by atoms with Crippen LogP contribution in [0.25, 0.3) is 0 Å². The van der Waals surface area contributed by atoms with Gasteiger partial charge in [-0.15, -0.1) is 0 Å². The fraction of sp³-hybridized carbons (Fsp3) is 0.833. The Kier molecular flexibility index (Phi) is 5.97. The third-order valence-electron chi connectivity index (χ3n) is 2.79. The summed E-state index contributed by atoms with van der Waals surface area (Å²) in [5, 5.41) is 5.77. The fourth-order valence-electron chi connectivity index (χ4n) is 1.79. The molecule has 1 rings (SSSR count). The van der Waals surface area contributed by atoms with Gasteiger partial charge in [-0.25, -0.2) is 0 Å². The molecule has 0 aliphatic carbocycles. The van der Waals surface area contributed by atoms with Gasteiger partial charge in [0.05, 0.1) is 6.54 Å². The van der Waals surface area contributed by atoms with Crippen molar-refractivity contribution in [3.63, 3.8) is 0 Å². The van der Waals surface area contributed by atoms with Crippen molar-refractivity contribution in [2.45, 2.75) is 39.2 Å². The molecule has 98 valence electrons. The predicted octanol–water partition coefficient (Wildman–Crippen LogP) is 0.113. The Morgan fingerprint density at radius 3 is 2.47 bits per heavy atom. The van der Waals surface area contributed by atoms with Crippen LogP contribution in [0, 0.1) is 0 Å². The molecule has 5 heteroatoms. The van der Waals surface area contributed by atoms with E-state index in [-0.39, 0.29) is 11.8 Å². The van der Waals surface area contributed by atoms with Crippen LogP contribution in [0.2, 0.25) is 0 Å². The summed E-state index contributed by atoms with van der Waals surface area (Å²) in [6, 6.07) is 0.298. The summed E-state index contributed by atoms with van der Waals surface area (Å²) in [7, 11) is 0. The van der Waals surface area contributed by atoms with Crippen LogP contribution in [0.5, 0.6) is 0 Å². The van der Waals surface area contributed by atoms with Crippen molar-refractivity contribution in [3.05, 3.63) is 0 Å². The number of hydrogen-bond acceptors (Lipinski definition) is 3. The SMILES string of the molecule is CC(C)NCC(=O)NCCC(=O)N1CCCC1. The van der Waals surface area contributed by atoms with E-state index in [1.807, 2.05) is 18.7 Å². The van der Waals surface area contributed by atoms with Crippen molar-refractivity contribution in [2.75, 3.05) is 26.2 Å². The molecule has 2 N–H and O–H groups in total. The van der Waals surface area contributed by atoms with Gasteiger partial charge in [-0.05, 0) is 12.8 Å². The van der Waals surface area contributed by atoms with E-state index in [0.29, 0.717) is 25.6 Å². The van der Waals surface area contributed by atoms with Crippen molar-refractivity contribution in [2.24, 2.45) is 0 Å². The van der Waals surface area contributed by atoms with Crippen LogP contribution in [0.4, 0.5) is 0 Å². The standard InChI is InChI=1S/C12H23N3O2/c1-10(2)14-9-11(16)13-6-5-12(17)15-7-3-4-8-15/h10,14H,3-9H2,1-2H3,(H,13,16). The second-order valence-corrected chi connectivity index (χ2v) is 4.72. The van der Waals surface area contributed by atoms with Crippen molar-refractivity contribution >= 4 is 11.8 Å². The maximum atomic E-state index is 11.7. The summed E-state index contributed by atoms with van der Waals surface area (Å²) in [5.41, 5.74) is 0. The summed E-state index contributed by atoms with van der Waals surface area (Å²) < 4.78 is 0. The van der Waals surface area contributed by atoms with E-state index in [1.165, 1.54) is 0 Å². The Morgan fingerprint density at radius 1 is 1.24 bits per heavy atom. The number of nitrogens with one attached hydrogen (secondary N) is 2. The van der Waals surface area contributed by atoms with E-state index in [9.17, 15) is 9.59 Å². The first-order chi connectivity index (χ1) is 8.09. The zero-order valence-electron chi connectivity index (χ0n) is 10.8. The highest BCUT2D eigenvalue weighted by molar-refractivity contribution is 5.80. The van der Waals surface area contributed by atoms with Crippen molar-refractivity contribution in [1.82, 2.24) is 15.5 Å². The fourth-order valence-corrected chi connectivity index (χ4v) is 1.79. The molecule has 0 aromatic heterocycles. The molecule has 0 unspecified atom stereocenters. The van der Waals surface area contributed by atoms with Crippen LogP contribution < -0.4 is 10.6 Å². The van der Waals surface area contributed by atoms with Crippen LogP contribution >= 0.6 is 0 Å². The number of carbonyl (C=O) groups is 2. The van der Waals surface area contributed by atoms with E-state index in [1.54, 1.807) is 0 Å². The number of rotatable bonds is 6. The zero-order valence-corrected chi connectivity index (χ0v) is 10.8. The molecule has 1 aliphatic heterocycles. The number of hydrogen-bond donors (Lipinski definition) is 2. The highest BCUT2D eigenvalue weighted by atomic mass is 16.2. The first-order valence-electron chi connectivity index (χ1n) is 6.37. The molecule has 5 nitrogen and oxygen atoms in total. The minimum absolute atomic E-state index is 0.0482. The van der Waals surface area contributed by atoms with Gasteiger partial charge in [-0.3, -0.25) is 9.59 Å². The van der Waals surface area contributed by atoms with Crippen LogP contribution in [0.1, 0.15) is 33.1 Å². The molecule has 0 aromatic rings. The number of nitrogens with zero attached hydrogens (tertiary/aromatic N) is 1. The molecular formula is C12H23N3O2. The molecule has 0 bridgehead atoms. The maximum absolute atomic E-state index is 11.7. The molecule has 0 saturated carbocycles. The van der Waals surface area contributed by atoms with Gasteiger partial charge in [0.15, 0.2) is 0 Å². The van der Waals surface area contributed by atoms with E-state index in [4.69, 9.17) is 0 Å². The molecule has 1 fully saturated rings. The highest BCUT2D eigenvalue weighted by Gasteiger charge is 2.17. The topological polar surface area (TPSA) is 61.4 Å². The molecule has 17 heavy (non-hydrogen) atoms. The number of carbonyl (C=O) groups excluding carboxylic acids is 2. The minimum atomic E-state index is -0.0482. The Bertz CT molecular complexity index is 260. The van der Waals surface area contributed by atoms with Gasteiger partial charge in [-0.2, -0.15) is 0 Å². The first-order valence-corrected chi connectivity index (χ1v) is 6.37. The van der Waals surface area contributed by atoms with Crippen molar-refractivity contribution in [3.8, 4) is 0 Å². The smallest absolute Gasteiger partial charge is 0.233 e. The summed E-state index contributed by atoms with van der Waals surface area (Å²) >= 11 is 0. The third kappa shape index (κ3) is 5.68. The van der Waals surface area contributed by atoms with Crippen LogP contribution in [-0.2, 0) is 9.59 Å². The summed E-state index contributed by atoms with van der Waals surface area (Å²) in [6.07, 6.45) is 2.63. The van der Waals surface area contributed by atoms with Gasteiger partial charge in [0.25, 0.3) is 0 Å². The third-order valence-corrected chi connectivity index (χ3v) is 2.79. The Morgan fingerprint density at radius 2 is 1.88 bits per heavy atom. The Labute approximate surface area is 103 Å². The van der Waals surface area contributed by atoms with E-state index in [0.717, 1.165) is 25.9 Å². The van der Waals surface area contributed by atoms with Gasteiger partial charge in [-0.1, -0.05) is 13.8 Å². The molecule has 2 amide bonds. The summed E-state index contributed by atoms with van der Waals surface area (Å²) in [4.78, 5) is 24.9. The van der Waals surface area contributed by atoms with Crippen LogP contribution in [0.15, 0.2) is 0 Å². The lowest BCUT2D eigenvalue weighted by molar-refractivity contribution is -0.130. The molecular weight excluding hydrogens is 218 g/mol. The number of likely N-dealkylation sites (tertiary alicyclic amines) is 1. The predicted molar refractivity (Wildman–Crippen MR) is 66.6 cm³/mol. The number of amides is 2. The zero-order chi connectivity index (χ0) is 12.7. The van der Waals surface area contributed by atoms with Crippen LogP contribution in [0.3, 0.4) is 0 Å². The van der Waals surface area contributed by atoms with E-state index < -0.39 is 0 Å². The second-order valence-electron chi connectivity index (χ2n) is 4.72. The van der Waals surface area contributed by atoms with Crippen molar-refractivity contribution in [1.29, 1.82) is 0 Å². The lowest BCUT2D eigenvalue weighted by Gasteiger charge is -2.15.